The fourth-order valence-corrected chi connectivity index (χ4v) is 4.95. The summed E-state index contributed by atoms with van der Waals surface area (Å²) < 4.78 is 56.5. The fraction of sp³-hybridized carbons (Fsp3) is 0.417. The molecule has 0 bridgehead atoms. The van der Waals surface area contributed by atoms with Gasteiger partial charge in [0.05, 0.1) is 15.9 Å². The van der Waals surface area contributed by atoms with Gasteiger partial charge in [-0.15, -0.1) is 0 Å². The number of aryl methyl sites for hydroxylation is 1. The minimum atomic E-state index is -3.92. The fourth-order valence-electron chi connectivity index (χ4n) is 3.74. The van der Waals surface area contributed by atoms with E-state index in [-0.39, 0.29) is 29.6 Å². The standard InChI is InChI=1S/C24H30F2N4O3S/c1-15(2)13-20(29-34(32,33)18-11-9-16(3)10-12-18)23(31)27-14-17(4)22-28-19-7-5-6-8-21(19)30(22)24(25)26/h5-12,15,17,20,24,29H,13-14H2,1-4H3,(H,27,31)/t17-,20+/m1/s1. The molecule has 2 atom stereocenters. The number of amides is 1. The molecule has 1 aromatic heterocycles. The lowest BCUT2D eigenvalue weighted by Crippen LogP contribution is -2.48. The van der Waals surface area contributed by atoms with Crippen molar-refractivity contribution >= 4 is 27.0 Å². The third-order valence-electron chi connectivity index (χ3n) is 5.49. The van der Waals surface area contributed by atoms with Gasteiger partial charge >= 0.3 is 6.55 Å². The van der Waals surface area contributed by atoms with Gasteiger partial charge in [0.2, 0.25) is 15.9 Å². The molecule has 34 heavy (non-hydrogen) atoms. The van der Waals surface area contributed by atoms with Crippen LogP contribution in [0.2, 0.25) is 0 Å². The van der Waals surface area contributed by atoms with Gasteiger partial charge in [-0.05, 0) is 43.5 Å². The van der Waals surface area contributed by atoms with E-state index in [0.29, 0.717) is 11.0 Å². The van der Waals surface area contributed by atoms with Crippen LogP contribution in [0, 0.1) is 12.8 Å². The third kappa shape index (κ3) is 5.98. The maximum Gasteiger partial charge on any atom is 0.320 e. The highest BCUT2D eigenvalue weighted by molar-refractivity contribution is 7.89. The second kappa shape index (κ2) is 10.6. The number of sulfonamides is 1. The minimum absolute atomic E-state index is 0.0235. The Morgan fingerprint density at radius 2 is 1.71 bits per heavy atom. The van der Waals surface area contributed by atoms with Crippen LogP contribution in [0.25, 0.3) is 11.0 Å². The number of hydrogen-bond acceptors (Lipinski definition) is 4. The first-order valence-corrected chi connectivity index (χ1v) is 12.6. The molecule has 3 rings (SSSR count). The summed E-state index contributed by atoms with van der Waals surface area (Å²) in [4.78, 5) is 17.4. The Hall–Kier alpha value is -2.85. The van der Waals surface area contributed by atoms with Crippen molar-refractivity contribution in [2.24, 2.45) is 5.92 Å². The molecule has 0 saturated carbocycles. The number of nitrogens with zero attached hydrogens (tertiary/aromatic N) is 2. The largest absolute Gasteiger partial charge is 0.354 e. The number of para-hydroxylation sites is 2. The lowest BCUT2D eigenvalue weighted by Gasteiger charge is -2.21. The maximum absolute atomic E-state index is 13.8. The molecule has 0 unspecified atom stereocenters. The van der Waals surface area contributed by atoms with E-state index < -0.39 is 34.4 Å². The van der Waals surface area contributed by atoms with E-state index in [9.17, 15) is 22.0 Å². The molecular formula is C24H30F2N4O3S. The van der Waals surface area contributed by atoms with E-state index in [1.807, 2.05) is 20.8 Å². The van der Waals surface area contributed by atoms with Gasteiger partial charge in [0.15, 0.2) is 0 Å². The first-order chi connectivity index (χ1) is 16.0. The highest BCUT2D eigenvalue weighted by Crippen LogP contribution is 2.27. The molecule has 1 heterocycles. The van der Waals surface area contributed by atoms with Crippen LogP contribution in [-0.4, -0.2) is 36.5 Å². The third-order valence-corrected chi connectivity index (χ3v) is 6.98. The zero-order chi connectivity index (χ0) is 25.0. The van der Waals surface area contributed by atoms with Crippen molar-refractivity contribution in [2.75, 3.05) is 6.54 Å². The summed E-state index contributed by atoms with van der Waals surface area (Å²) in [6.45, 7) is 4.55. The van der Waals surface area contributed by atoms with Crippen LogP contribution in [0.3, 0.4) is 0 Å². The van der Waals surface area contributed by atoms with Crippen LogP contribution in [0.1, 0.15) is 51.0 Å². The Morgan fingerprint density at radius 3 is 2.32 bits per heavy atom. The molecule has 0 fully saturated rings. The van der Waals surface area contributed by atoms with Crippen molar-refractivity contribution in [3.8, 4) is 0 Å². The number of rotatable bonds is 10. The number of hydrogen-bond donors (Lipinski definition) is 2. The Labute approximate surface area is 198 Å². The number of imidazole rings is 1. The average Bonchev–Trinajstić information content (AvgIpc) is 3.16. The number of alkyl halides is 2. The van der Waals surface area contributed by atoms with Crippen LogP contribution in [0.5, 0.6) is 0 Å². The van der Waals surface area contributed by atoms with Gasteiger partial charge in [0.25, 0.3) is 0 Å². The van der Waals surface area contributed by atoms with E-state index in [0.717, 1.165) is 10.1 Å². The van der Waals surface area contributed by atoms with Crippen molar-refractivity contribution in [3.05, 3.63) is 59.9 Å². The zero-order valence-corrected chi connectivity index (χ0v) is 20.4. The minimum Gasteiger partial charge on any atom is -0.354 e. The number of fused-ring (bicyclic) bond motifs is 1. The molecule has 0 radical (unpaired) electrons. The SMILES string of the molecule is Cc1ccc(S(=O)(=O)N[C@@H](CC(C)C)C(=O)NC[C@@H](C)c2nc3ccccc3n2C(F)F)cc1. The monoisotopic (exact) mass is 492 g/mol. The number of benzene rings is 2. The number of halogens is 2. The van der Waals surface area contributed by atoms with Crippen molar-refractivity contribution in [1.82, 2.24) is 19.6 Å². The van der Waals surface area contributed by atoms with Gasteiger partial charge in [0.1, 0.15) is 11.9 Å². The molecule has 0 aliphatic heterocycles. The normalized spacial score (nSPS) is 14.0. The molecule has 0 saturated heterocycles. The Bertz CT molecular complexity index is 1240. The molecule has 10 heteroatoms. The second-order valence-electron chi connectivity index (χ2n) is 8.87. The zero-order valence-electron chi connectivity index (χ0n) is 19.6. The molecule has 1 amide bonds. The predicted molar refractivity (Wildman–Crippen MR) is 127 cm³/mol. The molecule has 3 aromatic rings. The molecule has 0 aliphatic rings. The summed E-state index contributed by atoms with van der Waals surface area (Å²) in [5.74, 6) is -0.858. The number of carbonyl (C=O) groups is 1. The number of aromatic nitrogens is 2. The highest BCUT2D eigenvalue weighted by Gasteiger charge is 2.28. The molecular weight excluding hydrogens is 462 g/mol. The first-order valence-electron chi connectivity index (χ1n) is 11.1. The van der Waals surface area contributed by atoms with Crippen molar-refractivity contribution < 1.29 is 22.0 Å². The van der Waals surface area contributed by atoms with Gasteiger partial charge in [-0.3, -0.25) is 9.36 Å². The summed E-state index contributed by atoms with van der Waals surface area (Å²) in [5.41, 5.74) is 1.67. The number of nitrogens with one attached hydrogen (secondary N) is 2. The lowest BCUT2D eigenvalue weighted by atomic mass is 10.0. The predicted octanol–water partition coefficient (Wildman–Crippen LogP) is 4.35. The quantitative estimate of drug-likeness (QED) is 0.440. The van der Waals surface area contributed by atoms with Gasteiger partial charge in [-0.25, -0.2) is 13.4 Å². The van der Waals surface area contributed by atoms with Gasteiger partial charge in [-0.2, -0.15) is 13.5 Å². The summed E-state index contributed by atoms with van der Waals surface area (Å²) >= 11 is 0. The smallest absolute Gasteiger partial charge is 0.320 e. The van der Waals surface area contributed by atoms with E-state index in [1.165, 1.54) is 12.1 Å². The molecule has 7 nitrogen and oxygen atoms in total. The highest BCUT2D eigenvalue weighted by atomic mass is 32.2. The van der Waals surface area contributed by atoms with Crippen molar-refractivity contribution in [1.29, 1.82) is 0 Å². The van der Waals surface area contributed by atoms with Gasteiger partial charge in [0, 0.05) is 12.5 Å². The maximum atomic E-state index is 13.8. The van der Waals surface area contributed by atoms with Crippen LogP contribution in [-0.2, 0) is 14.8 Å². The Kier molecular flexibility index (Phi) is 8.04. The summed E-state index contributed by atoms with van der Waals surface area (Å²) in [5, 5.41) is 2.72. The molecule has 2 N–H and O–H groups in total. The van der Waals surface area contributed by atoms with E-state index >= 15 is 0 Å². The summed E-state index contributed by atoms with van der Waals surface area (Å²) in [6.07, 6.45) is 0.279. The van der Waals surface area contributed by atoms with Crippen LogP contribution >= 0.6 is 0 Å². The van der Waals surface area contributed by atoms with Crippen LogP contribution < -0.4 is 10.0 Å². The number of carbonyl (C=O) groups excluding carboxylic acids is 1. The lowest BCUT2D eigenvalue weighted by molar-refractivity contribution is -0.123. The van der Waals surface area contributed by atoms with E-state index in [4.69, 9.17) is 0 Å². The van der Waals surface area contributed by atoms with Crippen molar-refractivity contribution in [3.63, 3.8) is 0 Å². The van der Waals surface area contributed by atoms with E-state index in [1.54, 1.807) is 43.3 Å². The van der Waals surface area contributed by atoms with Crippen LogP contribution in [0.4, 0.5) is 8.78 Å². The first kappa shape index (κ1) is 25.8. The summed E-state index contributed by atoms with van der Waals surface area (Å²) in [7, 11) is -3.92. The van der Waals surface area contributed by atoms with Gasteiger partial charge in [-0.1, -0.05) is 50.6 Å². The second-order valence-corrected chi connectivity index (χ2v) is 10.6. The Morgan fingerprint density at radius 1 is 1.06 bits per heavy atom. The van der Waals surface area contributed by atoms with Gasteiger partial charge < -0.3 is 5.32 Å². The topological polar surface area (TPSA) is 93.1 Å². The molecule has 184 valence electrons. The molecule has 2 aromatic carbocycles. The Balaban J connectivity index is 1.76. The average molecular weight is 493 g/mol. The summed E-state index contributed by atoms with van der Waals surface area (Å²) in [6, 6.07) is 11.9. The van der Waals surface area contributed by atoms with E-state index in [2.05, 4.69) is 15.0 Å². The molecule has 0 aliphatic carbocycles. The van der Waals surface area contributed by atoms with Crippen molar-refractivity contribution in [2.45, 2.75) is 57.5 Å². The molecule has 0 spiro atoms. The van der Waals surface area contributed by atoms with Crippen LogP contribution in [0.15, 0.2) is 53.4 Å².